The second kappa shape index (κ2) is 14.2. The third kappa shape index (κ3) is 7.92. The van der Waals surface area contributed by atoms with Gasteiger partial charge in [0.2, 0.25) is 0 Å². The van der Waals surface area contributed by atoms with Gasteiger partial charge in [0.25, 0.3) is 0 Å². The largest absolute Gasteiger partial charge is 0.502 e. The summed E-state index contributed by atoms with van der Waals surface area (Å²) in [4.78, 5) is 0. The van der Waals surface area contributed by atoms with E-state index >= 15 is 0 Å². The Morgan fingerprint density at radius 3 is 2.03 bits per heavy atom. The summed E-state index contributed by atoms with van der Waals surface area (Å²) in [5.74, 6) is 8.51. The molecule has 0 aliphatic heterocycles. The summed E-state index contributed by atoms with van der Waals surface area (Å²) < 4.78 is 17.0. The average Bonchev–Trinajstić information content (AvgIpc) is 3.29. The highest BCUT2D eigenvalue weighted by atomic mass is 16.5. The maximum absolute atomic E-state index is 5.96. The van der Waals surface area contributed by atoms with E-state index in [-0.39, 0.29) is 0 Å². The Morgan fingerprint density at radius 1 is 0.676 bits per heavy atom. The Morgan fingerprint density at radius 2 is 1.27 bits per heavy atom. The van der Waals surface area contributed by atoms with E-state index in [2.05, 4.69) is 61.7 Å². The smallest absolute Gasteiger partial charge is 0.119 e. The normalized spacial score (nSPS) is 11.2. The highest BCUT2D eigenvalue weighted by Gasteiger charge is 2.19. The predicted octanol–water partition coefficient (Wildman–Crippen LogP) is 8.33. The van der Waals surface area contributed by atoms with Crippen LogP contribution in [-0.2, 0) is 11.2 Å². The molecule has 0 bridgehead atoms. The van der Waals surface area contributed by atoms with E-state index in [0.717, 1.165) is 81.0 Å². The number of unbranched alkanes of at least 4 members (excludes halogenated alkanes) is 5. The summed E-state index contributed by atoms with van der Waals surface area (Å²) in [6, 6.07) is 21.1. The molecule has 0 aromatic heterocycles. The zero-order chi connectivity index (χ0) is 25.7. The maximum atomic E-state index is 5.96. The van der Waals surface area contributed by atoms with Crippen LogP contribution in [0.2, 0.25) is 0 Å². The second-order valence-electron chi connectivity index (χ2n) is 9.50. The second-order valence-corrected chi connectivity index (χ2v) is 9.50. The topological polar surface area (TPSA) is 27.7 Å². The molecule has 0 atom stereocenters. The van der Waals surface area contributed by atoms with E-state index in [1.807, 2.05) is 24.3 Å². The first-order valence-corrected chi connectivity index (χ1v) is 13.6. The lowest BCUT2D eigenvalue weighted by molar-refractivity contribution is 0.239. The van der Waals surface area contributed by atoms with Gasteiger partial charge in [-0.15, -0.1) is 0 Å². The molecule has 37 heavy (non-hydrogen) atoms. The van der Waals surface area contributed by atoms with Crippen LogP contribution in [0, 0.1) is 11.8 Å². The van der Waals surface area contributed by atoms with Gasteiger partial charge in [-0.05, 0) is 109 Å². The van der Waals surface area contributed by atoms with Crippen molar-refractivity contribution in [3.63, 3.8) is 0 Å². The van der Waals surface area contributed by atoms with Crippen LogP contribution in [0.4, 0.5) is 0 Å². The van der Waals surface area contributed by atoms with E-state index in [4.69, 9.17) is 14.2 Å². The first-order chi connectivity index (χ1) is 18.3. The molecule has 3 nitrogen and oxygen atoms in total. The summed E-state index contributed by atoms with van der Waals surface area (Å²) >= 11 is 0. The molecule has 0 N–H and O–H groups in total. The zero-order valence-corrected chi connectivity index (χ0v) is 22.1. The Bertz CT molecular complexity index is 1210. The monoisotopic (exact) mass is 494 g/mol. The van der Waals surface area contributed by atoms with Crippen molar-refractivity contribution in [2.24, 2.45) is 0 Å². The molecule has 3 heteroatoms. The molecule has 3 aromatic carbocycles. The molecule has 1 aliphatic carbocycles. The van der Waals surface area contributed by atoms with Crippen molar-refractivity contribution >= 4 is 0 Å². The lowest BCUT2D eigenvalue weighted by Crippen LogP contribution is -1.97. The van der Waals surface area contributed by atoms with Gasteiger partial charge in [0.05, 0.1) is 26.1 Å². The van der Waals surface area contributed by atoms with E-state index in [0.29, 0.717) is 0 Å². The number of benzene rings is 3. The summed E-state index contributed by atoms with van der Waals surface area (Å²) in [7, 11) is 0. The number of rotatable bonds is 14. The first kappa shape index (κ1) is 26.4. The number of hydrogen-bond donors (Lipinski definition) is 0. The minimum Gasteiger partial charge on any atom is -0.502 e. The van der Waals surface area contributed by atoms with Crippen molar-refractivity contribution in [2.45, 2.75) is 58.3 Å². The summed E-state index contributed by atoms with van der Waals surface area (Å²) in [5.41, 5.74) is 7.33. The molecule has 0 heterocycles. The Balaban J connectivity index is 1.27. The number of hydrogen-bond acceptors (Lipinski definition) is 3. The summed E-state index contributed by atoms with van der Waals surface area (Å²) in [6.07, 6.45) is 10.4. The van der Waals surface area contributed by atoms with Gasteiger partial charge >= 0.3 is 0 Å². The van der Waals surface area contributed by atoms with Crippen LogP contribution in [0.3, 0.4) is 0 Å². The maximum Gasteiger partial charge on any atom is 0.119 e. The summed E-state index contributed by atoms with van der Waals surface area (Å²) in [6.45, 7) is 8.04. The molecule has 0 spiro atoms. The van der Waals surface area contributed by atoms with Gasteiger partial charge in [0.1, 0.15) is 11.5 Å². The van der Waals surface area contributed by atoms with Crippen LogP contribution in [-0.4, -0.2) is 19.8 Å². The quantitative estimate of drug-likeness (QED) is 0.100. The van der Waals surface area contributed by atoms with Gasteiger partial charge in [-0.3, -0.25) is 0 Å². The van der Waals surface area contributed by atoms with Gasteiger partial charge in [-0.25, -0.2) is 0 Å². The van der Waals surface area contributed by atoms with Gasteiger partial charge in [-0.1, -0.05) is 50.3 Å². The van der Waals surface area contributed by atoms with Crippen molar-refractivity contribution in [3.8, 4) is 34.5 Å². The van der Waals surface area contributed by atoms with Gasteiger partial charge < -0.3 is 14.2 Å². The van der Waals surface area contributed by atoms with Crippen LogP contribution in [0.15, 0.2) is 73.5 Å². The molecule has 0 amide bonds. The molecule has 0 saturated heterocycles. The van der Waals surface area contributed by atoms with E-state index in [9.17, 15) is 0 Å². The zero-order valence-electron chi connectivity index (χ0n) is 22.1. The van der Waals surface area contributed by atoms with Gasteiger partial charge in [0.15, 0.2) is 0 Å². The van der Waals surface area contributed by atoms with Crippen LogP contribution in [0.25, 0.3) is 11.1 Å². The fraction of sp³-hybridized carbons (Fsp3) is 0.353. The summed E-state index contributed by atoms with van der Waals surface area (Å²) in [5, 5.41) is 0. The molecular formula is C34H38O3. The fourth-order valence-corrected chi connectivity index (χ4v) is 4.59. The Kier molecular flexibility index (Phi) is 10.1. The minimum absolute atomic E-state index is 0.733. The van der Waals surface area contributed by atoms with Crippen molar-refractivity contribution in [3.05, 3.63) is 95.8 Å². The van der Waals surface area contributed by atoms with Crippen LogP contribution < -0.4 is 9.47 Å². The highest BCUT2D eigenvalue weighted by Crippen LogP contribution is 2.38. The van der Waals surface area contributed by atoms with Crippen molar-refractivity contribution in [1.29, 1.82) is 0 Å². The van der Waals surface area contributed by atoms with Crippen molar-refractivity contribution < 1.29 is 14.2 Å². The van der Waals surface area contributed by atoms with Crippen LogP contribution in [0.1, 0.15) is 74.1 Å². The van der Waals surface area contributed by atoms with E-state index in [1.165, 1.54) is 41.4 Å². The molecule has 0 fully saturated rings. The SMILES string of the molecule is C=COCCCCCCOc1ccc(C#Cc2ccc3c(c2)Cc2cc(OCCCCC)ccc2-3)cc1. The third-order valence-electron chi connectivity index (χ3n) is 6.62. The predicted molar refractivity (Wildman–Crippen MR) is 152 cm³/mol. The first-order valence-electron chi connectivity index (χ1n) is 13.6. The van der Waals surface area contributed by atoms with Crippen LogP contribution >= 0.6 is 0 Å². The average molecular weight is 495 g/mol. The molecule has 4 rings (SSSR count). The van der Waals surface area contributed by atoms with Gasteiger partial charge in [0, 0.05) is 11.1 Å². The fourth-order valence-electron chi connectivity index (χ4n) is 4.59. The molecule has 1 aliphatic rings. The lowest BCUT2D eigenvalue weighted by atomic mass is 10.0. The molecule has 0 radical (unpaired) electrons. The molecule has 0 unspecified atom stereocenters. The van der Waals surface area contributed by atoms with Crippen LogP contribution in [0.5, 0.6) is 11.5 Å². The Hall–Kier alpha value is -3.64. The molecule has 192 valence electrons. The molecular weight excluding hydrogens is 456 g/mol. The van der Waals surface area contributed by atoms with Crippen molar-refractivity contribution in [2.75, 3.05) is 19.8 Å². The van der Waals surface area contributed by atoms with Gasteiger partial charge in [-0.2, -0.15) is 0 Å². The highest BCUT2D eigenvalue weighted by molar-refractivity contribution is 5.78. The minimum atomic E-state index is 0.733. The number of ether oxygens (including phenoxy) is 3. The molecule has 3 aromatic rings. The Labute approximate surface area is 222 Å². The third-order valence-corrected chi connectivity index (χ3v) is 6.62. The van der Waals surface area contributed by atoms with E-state index in [1.54, 1.807) is 0 Å². The lowest BCUT2D eigenvalue weighted by Gasteiger charge is -2.08. The van der Waals surface area contributed by atoms with E-state index < -0.39 is 0 Å². The van der Waals surface area contributed by atoms with Crippen molar-refractivity contribution in [1.82, 2.24) is 0 Å². The standard InChI is InChI=1S/C34H38O3/c1-3-5-8-22-37-32-18-20-34-30(26-32)25-29-24-28(15-19-33(29)34)12-11-27-13-16-31(17-14-27)36-23-10-7-6-9-21-35-4-2/h4,13-20,24,26H,2-3,5-10,21-23,25H2,1H3. The number of fused-ring (bicyclic) bond motifs is 3. The molecule has 0 saturated carbocycles.